The average Bonchev–Trinajstić information content (AvgIpc) is 3.74. The summed E-state index contributed by atoms with van der Waals surface area (Å²) < 4.78 is 37.0. The topological polar surface area (TPSA) is 69.6 Å². The van der Waals surface area contributed by atoms with Gasteiger partial charge in [0.15, 0.2) is 37.9 Å². The van der Waals surface area contributed by atoms with Crippen LogP contribution < -0.4 is 33.9 Å². The molecule has 2 saturated heterocycles. The third-order valence-corrected chi connectivity index (χ3v) is 8.80. The van der Waals surface area contributed by atoms with Crippen LogP contribution in [-0.4, -0.2) is 128 Å². The minimum absolute atomic E-state index is 0. The predicted octanol–water partition coefficient (Wildman–Crippen LogP) is -1.93. The van der Waals surface area contributed by atoms with Crippen LogP contribution in [0.1, 0.15) is 48.9 Å². The van der Waals surface area contributed by atoms with Gasteiger partial charge < -0.3 is 53.2 Å². The molecule has 4 rings (SSSR count). The van der Waals surface area contributed by atoms with Crippen LogP contribution in [-0.2, 0) is 41.5 Å². The van der Waals surface area contributed by atoms with E-state index in [-0.39, 0.29) is 24.8 Å². The summed E-state index contributed by atoms with van der Waals surface area (Å²) in [5.74, 6) is 1.05. The van der Waals surface area contributed by atoms with Crippen LogP contribution in [0.4, 0.5) is 0 Å². The van der Waals surface area contributed by atoms with E-state index in [9.17, 15) is 0 Å². The van der Waals surface area contributed by atoms with Crippen molar-refractivity contribution in [2.75, 3.05) is 118 Å². The third-order valence-electron chi connectivity index (χ3n) is 8.49. The highest BCUT2D eigenvalue weighted by molar-refractivity contribution is 6.18. The molecule has 0 amide bonds. The first-order valence-corrected chi connectivity index (χ1v) is 18.7. The number of alkyl halides is 2. The fourth-order valence-electron chi connectivity index (χ4n) is 5.95. The highest BCUT2D eigenvalue weighted by atomic mass is 35.5. The van der Waals surface area contributed by atoms with Crippen LogP contribution in [0.15, 0.2) is 49.1 Å². The summed E-state index contributed by atoms with van der Waals surface area (Å²) in [6, 6.07) is 9.89. The molecule has 4 heterocycles. The van der Waals surface area contributed by atoms with E-state index in [0.29, 0.717) is 103 Å². The number of halogens is 4. The quantitative estimate of drug-likeness (QED) is 0.0694. The zero-order chi connectivity index (χ0) is 34.1. The van der Waals surface area contributed by atoms with E-state index in [2.05, 4.69) is 82.1 Å². The van der Waals surface area contributed by atoms with E-state index < -0.39 is 0 Å². The average molecular weight is 787 g/mol. The molecule has 2 atom stereocenters. The lowest BCUT2D eigenvalue weighted by atomic mass is 10.1. The highest BCUT2D eigenvalue weighted by Crippen LogP contribution is 2.30. The normalized spacial score (nSPS) is 17.6. The van der Waals surface area contributed by atoms with Crippen LogP contribution in [0.25, 0.3) is 0 Å². The fourth-order valence-corrected chi connectivity index (χ4v) is 6.17. The summed E-state index contributed by atoms with van der Waals surface area (Å²) in [6.07, 6.45) is 13.9. The second-order valence-electron chi connectivity index (χ2n) is 12.1. The van der Waals surface area contributed by atoms with Gasteiger partial charge in [-0.25, -0.2) is 9.13 Å². The summed E-state index contributed by atoms with van der Waals surface area (Å²) in [5.41, 5.74) is 2.81. The van der Waals surface area contributed by atoms with Crippen LogP contribution in [0.3, 0.4) is 0 Å². The molecule has 2 aromatic heterocycles. The molecule has 50 heavy (non-hydrogen) atoms. The number of aromatic nitrogens is 2. The largest absolute Gasteiger partial charge is 1.00 e. The van der Waals surface area contributed by atoms with Gasteiger partial charge in [0.05, 0.1) is 66.1 Å². The van der Waals surface area contributed by atoms with Gasteiger partial charge >= 0.3 is 0 Å². The molecular weight excluding hydrogens is 726 g/mol. The first kappa shape index (κ1) is 47.2. The van der Waals surface area contributed by atoms with E-state index in [0.717, 1.165) is 13.1 Å². The number of rotatable bonds is 24. The minimum atomic E-state index is 0. The van der Waals surface area contributed by atoms with Crippen LogP contribution in [0, 0.1) is 0 Å². The fraction of sp³-hybridized carbons (Fsp3) is 0.722. The number of ether oxygens (including phenoxy) is 6. The van der Waals surface area contributed by atoms with Crippen molar-refractivity contribution >= 4 is 23.2 Å². The molecule has 0 aliphatic carbocycles. The van der Waals surface area contributed by atoms with Gasteiger partial charge in [-0.05, 0) is 65.0 Å². The summed E-state index contributed by atoms with van der Waals surface area (Å²) in [5, 5.41) is 0. The Morgan fingerprint density at radius 1 is 0.560 bits per heavy atom. The second kappa shape index (κ2) is 30.6. The van der Waals surface area contributed by atoms with Crippen molar-refractivity contribution in [3.63, 3.8) is 0 Å². The van der Waals surface area contributed by atoms with E-state index in [4.69, 9.17) is 51.6 Å². The van der Waals surface area contributed by atoms with Gasteiger partial charge in [-0.15, -0.1) is 23.2 Å². The molecule has 0 N–H and O–H groups in total. The van der Waals surface area contributed by atoms with Crippen molar-refractivity contribution in [3.05, 3.63) is 60.2 Å². The Bertz CT molecular complexity index is 1020. The summed E-state index contributed by atoms with van der Waals surface area (Å²) >= 11 is 10.8. The summed E-state index contributed by atoms with van der Waals surface area (Å²) in [6.45, 7) is 11.4. The molecule has 0 spiro atoms. The Hall–Kier alpha value is -0.860. The third kappa shape index (κ3) is 19.8. The first-order valence-electron chi connectivity index (χ1n) is 17.6. The molecule has 0 bridgehead atoms. The highest BCUT2D eigenvalue weighted by Gasteiger charge is 2.25. The summed E-state index contributed by atoms with van der Waals surface area (Å²) in [7, 11) is 4.44. The smallest absolute Gasteiger partial charge is 0.173 e. The van der Waals surface area contributed by atoms with Crippen LogP contribution in [0.2, 0.25) is 0 Å². The molecule has 0 aromatic carbocycles. The van der Waals surface area contributed by atoms with Crippen molar-refractivity contribution in [1.82, 2.24) is 9.80 Å². The number of hydrogen-bond acceptors (Lipinski definition) is 8. The van der Waals surface area contributed by atoms with E-state index in [1.54, 1.807) is 0 Å². The monoisotopic (exact) mass is 784 g/mol. The number of nitrogens with zero attached hydrogens (tertiary/aromatic N) is 4. The van der Waals surface area contributed by atoms with Crippen LogP contribution >= 0.6 is 23.2 Å². The Kier molecular flexibility index (Phi) is 28.8. The lowest BCUT2D eigenvalue weighted by Crippen LogP contribution is -3.00. The molecule has 10 nitrogen and oxygen atoms in total. The van der Waals surface area contributed by atoms with Gasteiger partial charge in [0.2, 0.25) is 0 Å². The SMILES string of the molecule is CN1CCC[C@H]1c1ccc[n+](CCOCCOCCOCC[n+]2cccc([C@@H]3CCCN3C)c2)c1.ClCCOCCOCCOCCCl.[Cl-].[Cl-]. The number of hydrogen-bond donors (Lipinski definition) is 0. The molecule has 2 aliphatic heterocycles. The molecule has 14 heteroatoms. The van der Waals surface area contributed by atoms with Gasteiger partial charge in [-0.3, -0.25) is 9.80 Å². The molecule has 0 saturated carbocycles. The zero-order valence-electron chi connectivity index (χ0n) is 30.1. The molecule has 0 unspecified atom stereocenters. The van der Waals surface area contributed by atoms with Gasteiger partial charge in [0, 0.05) is 47.1 Å². The minimum Gasteiger partial charge on any atom is -1.00 e. The summed E-state index contributed by atoms with van der Waals surface area (Å²) in [4.78, 5) is 4.90. The molecule has 0 radical (unpaired) electrons. The Morgan fingerprint density at radius 2 is 0.900 bits per heavy atom. The molecular formula is C36H60Cl4N4O6. The Labute approximate surface area is 323 Å². The second-order valence-corrected chi connectivity index (χ2v) is 12.8. The molecule has 2 fully saturated rings. The van der Waals surface area contributed by atoms with Crippen molar-refractivity contribution < 1.29 is 62.4 Å². The maximum Gasteiger partial charge on any atom is 0.173 e. The van der Waals surface area contributed by atoms with E-state index in [1.807, 2.05) is 0 Å². The predicted molar refractivity (Wildman–Crippen MR) is 189 cm³/mol. The van der Waals surface area contributed by atoms with Gasteiger partial charge in [-0.2, -0.15) is 0 Å². The standard InChI is InChI=1S/C28H44N4O3.C8H16Cl2O3.2ClH/c1-29-11-5-9-27(29)25-7-3-13-31(23-25)15-17-33-19-21-35-22-20-34-18-16-32-14-4-8-26(24-32)28-10-6-12-30(28)2;9-1-3-11-5-7-13-8-6-12-4-2-10;;/h3-4,7-8,13-14,23-24,27-28H,5-6,9-12,15-22H2,1-2H3;1-8H2;2*1H/q+2;;;/p-2/t27-,28-;;;/m0.../s1. The Morgan fingerprint density at radius 3 is 1.22 bits per heavy atom. The van der Waals surface area contributed by atoms with Crippen LogP contribution in [0.5, 0.6) is 0 Å². The lowest BCUT2D eigenvalue weighted by molar-refractivity contribution is -0.699. The maximum absolute atomic E-state index is 5.77. The molecule has 2 aliphatic rings. The van der Waals surface area contributed by atoms with Gasteiger partial charge in [0.25, 0.3) is 0 Å². The Balaban J connectivity index is 0.000000714. The van der Waals surface area contributed by atoms with Crippen molar-refractivity contribution in [1.29, 1.82) is 0 Å². The van der Waals surface area contributed by atoms with E-state index >= 15 is 0 Å². The van der Waals surface area contributed by atoms with Crippen molar-refractivity contribution in [2.45, 2.75) is 50.9 Å². The number of likely N-dealkylation sites (tertiary alicyclic amines) is 2. The van der Waals surface area contributed by atoms with Gasteiger partial charge in [0.1, 0.15) is 13.2 Å². The van der Waals surface area contributed by atoms with E-state index in [1.165, 1.54) is 49.9 Å². The number of pyridine rings is 2. The van der Waals surface area contributed by atoms with Crippen molar-refractivity contribution in [2.24, 2.45) is 0 Å². The molecule has 2 aromatic rings. The zero-order valence-corrected chi connectivity index (χ0v) is 33.1. The first-order chi connectivity index (χ1) is 23.6. The van der Waals surface area contributed by atoms with Gasteiger partial charge in [-0.1, -0.05) is 0 Å². The molecule has 288 valence electrons. The van der Waals surface area contributed by atoms with Crippen molar-refractivity contribution in [3.8, 4) is 0 Å². The lowest BCUT2D eigenvalue weighted by Gasteiger charge is -2.18. The maximum atomic E-state index is 5.77.